The summed E-state index contributed by atoms with van der Waals surface area (Å²) in [4.78, 5) is 27.5. The molecule has 4 rings (SSSR count). The maximum absolute atomic E-state index is 12.5. The summed E-state index contributed by atoms with van der Waals surface area (Å²) < 4.78 is 23.5. The minimum Gasteiger partial charge on any atom is -0.322 e. The molecule has 0 amide bonds. The summed E-state index contributed by atoms with van der Waals surface area (Å²) >= 11 is 0. The predicted octanol–water partition coefficient (Wildman–Crippen LogP) is 3.46. The molecule has 2 aliphatic rings. The van der Waals surface area contributed by atoms with E-state index in [1.165, 1.54) is 6.26 Å². The number of carbonyl (C=O) groups excluding carboxylic acids is 1. The van der Waals surface area contributed by atoms with E-state index in [1.54, 1.807) is 24.3 Å². The number of allylic oxidation sites excluding steroid dienone is 1. The van der Waals surface area contributed by atoms with Gasteiger partial charge < -0.3 is 4.98 Å². The van der Waals surface area contributed by atoms with Crippen molar-refractivity contribution in [3.63, 3.8) is 0 Å². The molecule has 5 nitrogen and oxygen atoms in total. The fraction of sp³-hybridized carbons (Fsp3) is 0.364. The molecule has 2 fully saturated rings. The Labute approximate surface area is 164 Å². The first-order chi connectivity index (χ1) is 13.3. The second-order valence-corrected chi connectivity index (χ2v) is 9.86. The number of carbonyl (C=O) groups is 1. The third-order valence-electron chi connectivity index (χ3n) is 5.53. The van der Waals surface area contributed by atoms with E-state index in [0.717, 1.165) is 36.0 Å². The summed E-state index contributed by atoms with van der Waals surface area (Å²) in [5, 5.41) is 0. The maximum Gasteiger partial charge on any atom is 0.251 e. The number of rotatable bonds is 5. The molecule has 1 atom stereocenters. The molecule has 0 unspecified atom stereocenters. The average molecular weight is 397 g/mol. The third-order valence-corrected chi connectivity index (χ3v) is 6.66. The highest BCUT2D eigenvalue weighted by Crippen LogP contribution is 2.38. The summed E-state index contributed by atoms with van der Waals surface area (Å²) in [6.07, 6.45) is 7.23. The molecule has 2 saturated carbocycles. The van der Waals surface area contributed by atoms with Crippen molar-refractivity contribution in [1.29, 1.82) is 0 Å². The van der Waals surface area contributed by atoms with Crippen LogP contribution in [0, 0.1) is 5.92 Å². The van der Waals surface area contributed by atoms with Crippen LogP contribution in [0.5, 0.6) is 0 Å². The van der Waals surface area contributed by atoms with Crippen molar-refractivity contribution < 1.29 is 13.2 Å². The van der Waals surface area contributed by atoms with Gasteiger partial charge in [0.2, 0.25) is 0 Å². The van der Waals surface area contributed by atoms with E-state index in [2.05, 4.69) is 4.98 Å². The molecular formula is C22H23NO4S. The summed E-state index contributed by atoms with van der Waals surface area (Å²) in [6, 6.07) is 10.5. The number of aromatic nitrogens is 1. The number of benzene rings is 1. The molecule has 1 aromatic carbocycles. The van der Waals surface area contributed by atoms with Crippen molar-refractivity contribution in [2.75, 3.05) is 6.26 Å². The summed E-state index contributed by atoms with van der Waals surface area (Å²) in [7, 11) is -3.28. The van der Waals surface area contributed by atoms with Gasteiger partial charge in [0.25, 0.3) is 5.56 Å². The summed E-state index contributed by atoms with van der Waals surface area (Å²) in [6.45, 7) is 0. The van der Waals surface area contributed by atoms with E-state index in [4.69, 9.17) is 0 Å². The quantitative estimate of drug-likeness (QED) is 0.837. The topological polar surface area (TPSA) is 84.1 Å². The van der Waals surface area contributed by atoms with Crippen molar-refractivity contribution in [1.82, 2.24) is 4.98 Å². The monoisotopic (exact) mass is 397 g/mol. The van der Waals surface area contributed by atoms with Gasteiger partial charge in [-0.2, -0.15) is 0 Å². The summed E-state index contributed by atoms with van der Waals surface area (Å²) in [5.41, 5.74) is 3.11. The Kier molecular flexibility index (Phi) is 4.83. The van der Waals surface area contributed by atoms with Crippen LogP contribution in [0.4, 0.5) is 0 Å². The van der Waals surface area contributed by atoms with Crippen molar-refractivity contribution in [2.24, 2.45) is 5.92 Å². The van der Waals surface area contributed by atoms with Gasteiger partial charge in [-0.1, -0.05) is 24.3 Å². The molecule has 6 heteroatoms. The van der Waals surface area contributed by atoms with Crippen LogP contribution in [-0.2, 0) is 14.6 Å². The Hall–Kier alpha value is -2.47. The molecule has 0 saturated heterocycles. The van der Waals surface area contributed by atoms with Gasteiger partial charge in [-0.3, -0.25) is 9.59 Å². The fourth-order valence-electron chi connectivity index (χ4n) is 3.80. The van der Waals surface area contributed by atoms with Crippen LogP contribution in [0.3, 0.4) is 0 Å². The first-order valence-corrected chi connectivity index (χ1v) is 11.5. The molecule has 1 heterocycles. The molecule has 28 heavy (non-hydrogen) atoms. The Morgan fingerprint density at radius 3 is 2.29 bits per heavy atom. The number of hydrogen-bond acceptors (Lipinski definition) is 4. The number of aromatic amines is 1. The second-order valence-electron chi connectivity index (χ2n) is 7.85. The normalized spacial score (nSPS) is 20.5. The van der Waals surface area contributed by atoms with Gasteiger partial charge in [0.05, 0.1) is 4.90 Å². The van der Waals surface area contributed by atoms with Gasteiger partial charge in [0.15, 0.2) is 9.84 Å². The lowest BCUT2D eigenvalue weighted by Gasteiger charge is -2.13. The molecule has 1 N–H and O–H groups in total. The number of H-pyrrole nitrogens is 1. The molecule has 0 aliphatic heterocycles. The van der Waals surface area contributed by atoms with E-state index >= 15 is 0 Å². The Balaban J connectivity index is 1.76. The number of pyridine rings is 1. The maximum atomic E-state index is 12.5. The molecular weight excluding hydrogens is 374 g/mol. The average Bonchev–Trinajstić information content (AvgIpc) is 3.40. The lowest BCUT2D eigenvalue weighted by atomic mass is 9.95. The van der Waals surface area contributed by atoms with Crippen LogP contribution >= 0.6 is 0 Å². The van der Waals surface area contributed by atoms with Crippen molar-refractivity contribution in [2.45, 2.75) is 42.9 Å². The smallest absolute Gasteiger partial charge is 0.251 e. The Bertz CT molecular complexity index is 1110. The third kappa shape index (κ3) is 4.02. The zero-order chi connectivity index (χ0) is 19.9. The Morgan fingerprint density at radius 2 is 1.75 bits per heavy atom. The van der Waals surface area contributed by atoms with Crippen LogP contribution in [0.25, 0.3) is 5.57 Å². The zero-order valence-electron chi connectivity index (χ0n) is 15.8. The zero-order valence-corrected chi connectivity index (χ0v) is 16.6. The van der Waals surface area contributed by atoms with Crippen molar-refractivity contribution in [3.05, 3.63) is 69.6 Å². The molecule has 2 aliphatic carbocycles. The molecule has 2 aromatic rings. The lowest BCUT2D eigenvalue weighted by Crippen LogP contribution is -2.13. The minimum atomic E-state index is -3.28. The first kappa shape index (κ1) is 18.9. The SMILES string of the molecule is CS(=O)(=O)c1ccc(/C(=C\[C@H]2CCC(=O)C2)c2ccc(C3CC3)c(=O)[nH]2)cc1. The van der Waals surface area contributed by atoms with E-state index in [-0.39, 0.29) is 22.2 Å². The van der Waals surface area contributed by atoms with Crippen LogP contribution in [0.15, 0.2) is 52.2 Å². The standard InChI is InChI=1S/C22H23NO4S/c1-28(26,27)18-8-5-16(6-9-18)20(13-14-2-7-17(24)12-14)21-11-10-19(15-3-4-15)22(25)23-21/h5-6,8-11,13-15H,2-4,7,12H2,1H3,(H,23,25)/b20-13+/t14-/m0/s1. The number of Topliss-reactive ketones (excluding diaryl/α,β-unsaturated/α-hetero) is 1. The van der Waals surface area contributed by atoms with Gasteiger partial charge >= 0.3 is 0 Å². The Morgan fingerprint density at radius 1 is 1.04 bits per heavy atom. The highest BCUT2D eigenvalue weighted by molar-refractivity contribution is 7.90. The number of hydrogen-bond donors (Lipinski definition) is 1. The fourth-order valence-corrected chi connectivity index (χ4v) is 4.43. The van der Waals surface area contributed by atoms with Crippen molar-refractivity contribution >= 4 is 21.2 Å². The highest BCUT2D eigenvalue weighted by Gasteiger charge is 2.27. The van der Waals surface area contributed by atoms with E-state index in [9.17, 15) is 18.0 Å². The molecule has 0 bridgehead atoms. The van der Waals surface area contributed by atoms with Gasteiger partial charge in [0, 0.05) is 35.9 Å². The number of ketones is 1. The van der Waals surface area contributed by atoms with E-state index in [0.29, 0.717) is 24.5 Å². The molecule has 1 aromatic heterocycles. The van der Waals surface area contributed by atoms with Gasteiger partial charge in [0.1, 0.15) is 5.78 Å². The van der Waals surface area contributed by atoms with Gasteiger partial charge in [-0.15, -0.1) is 0 Å². The lowest BCUT2D eigenvalue weighted by molar-refractivity contribution is -0.117. The second kappa shape index (κ2) is 7.17. The predicted molar refractivity (Wildman–Crippen MR) is 108 cm³/mol. The molecule has 0 radical (unpaired) electrons. The largest absolute Gasteiger partial charge is 0.322 e. The van der Waals surface area contributed by atoms with Crippen LogP contribution < -0.4 is 5.56 Å². The van der Waals surface area contributed by atoms with Gasteiger partial charge in [-0.05, 0) is 54.9 Å². The van der Waals surface area contributed by atoms with Crippen molar-refractivity contribution in [3.8, 4) is 0 Å². The highest BCUT2D eigenvalue weighted by atomic mass is 32.2. The van der Waals surface area contributed by atoms with Gasteiger partial charge in [-0.25, -0.2) is 8.42 Å². The van der Waals surface area contributed by atoms with Crippen LogP contribution in [-0.4, -0.2) is 25.4 Å². The minimum absolute atomic E-state index is 0.0684. The number of sulfone groups is 1. The first-order valence-electron chi connectivity index (χ1n) is 9.59. The number of nitrogens with one attached hydrogen (secondary N) is 1. The van der Waals surface area contributed by atoms with Crippen LogP contribution in [0.2, 0.25) is 0 Å². The molecule has 0 spiro atoms. The summed E-state index contributed by atoms with van der Waals surface area (Å²) in [5.74, 6) is 0.751. The molecule has 146 valence electrons. The van der Waals surface area contributed by atoms with Crippen LogP contribution in [0.1, 0.15) is 54.8 Å². The van der Waals surface area contributed by atoms with E-state index < -0.39 is 9.84 Å². The van der Waals surface area contributed by atoms with E-state index in [1.807, 2.05) is 18.2 Å².